The number of nitrogens with zero attached hydrogens (tertiary/aromatic N) is 2. The quantitative estimate of drug-likeness (QED) is 0.876. The maximum absolute atomic E-state index is 12.6. The molecule has 0 spiro atoms. The summed E-state index contributed by atoms with van der Waals surface area (Å²) in [6.07, 6.45) is 0.372. The number of hydrogen-bond acceptors (Lipinski definition) is 3. The van der Waals surface area contributed by atoms with Crippen molar-refractivity contribution in [2.75, 3.05) is 36.4 Å². The van der Waals surface area contributed by atoms with Gasteiger partial charge >= 0.3 is 0 Å². The molecule has 6 heteroatoms. The van der Waals surface area contributed by atoms with Crippen LogP contribution in [0.3, 0.4) is 0 Å². The monoisotopic (exact) mass is 385 g/mol. The molecule has 0 bridgehead atoms. The van der Waals surface area contributed by atoms with Crippen molar-refractivity contribution in [2.24, 2.45) is 0 Å². The molecular weight excluding hydrogens is 362 g/mol. The summed E-state index contributed by atoms with van der Waals surface area (Å²) in [5.41, 5.74) is 4.02. The summed E-state index contributed by atoms with van der Waals surface area (Å²) in [6, 6.07) is 13.3. The van der Waals surface area contributed by atoms with Gasteiger partial charge in [-0.1, -0.05) is 29.8 Å². The van der Waals surface area contributed by atoms with Gasteiger partial charge in [-0.15, -0.1) is 0 Å². The minimum Gasteiger partial charge on any atom is -0.368 e. The molecule has 27 heavy (non-hydrogen) atoms. The smallest absolute Gasteiger partial charge is 0.227 e. The Balaban J connectivity index is 1.55. The number of carbonyl (C=O) groups is 2. The molecule has 0 aromatic heterocycles. The molecule has 1 aliphatic rings. The molecule has 0 saturated carbocycles. The molecule has 3 rings (SSSR count). The Morgan fingerprint density at radius 3 is 2.33 bits per heavy atom. The number of aryl methyl sites for hydroxylation is 1. The summed E-state index contributed by atoms with van der Waals surface area (Å²) in [5, 5.41) is 3.46. The Hall–Kier alpha value is -2.53. The third-order valence-corrected chi connectivity index (χ3v) is 5.01. The highest BCUT2D eigenvalue weighted by atomic mass is 35.5. The second kappa shape index (κ2) is 8.44. The maximum atomic E-state index is 12.6. The van der Waals surface area contributed by atoms with Crippen molar-refractivity contribution in [3.8, 4) is 0 Å². The normalized spacial score (nSPS) is 14.2. The predicted molar refractivity (Wildman–Crippen MR) is 109 cm³/mol. The van der Waals surface area contributed by atoms with Gasteiger partial charge in [0.2, 0.25) is 11.8 Å². The number of anilines is 2. The molecule has 1 N–H and O–H groups in total. The second-order valence-corrected chi connectivity index (χ2v) is 7.29. The number of nitrogens with one attached hydrogen (secondary N) is 1. The van der Waals surface area contributed by atoms with Crippen molar-refractivity contribution in [3.63, 3.8) is 0 Å². The fraction of sp³-hybridized carbons (Fsp3) is 0.333. The number of hydrogen-bond donors (Lipinski definition) is 1. The standard InChI is InChI=1S/C21H24ClN3O2/c1-15-3-6-18(22)14-20(15)24-9-11-25(12-10-24)21(27)13-17-4-7-19(8-5-17)23-16(2)26/h3-8,14H,9-13H2,1-2H3,(H,23,26). The summed E-state index contributed by atoms with van der Waals surface area (Å²) in [5.74, 6) is 0.0244. The Morgan fingerprint density at radius 2 is 1.70 bits per heavy atom. The minimum absolute atomic E-state index is 0.105. The van der Waals surface area contributed by atoms with Gasteiger partial charge in [-0.25, -0.2) is 0 Å². The van der Waals surface area contributed by atoms with Crippen molar-refractivity contribution in [1.82, 2.24) is 4.90 Å². The van der Waals surface area contributed by atoms with Gasteiger partial charge in [0.25, 0.3) is 0 Å². The Labute approximate surface area is 164 Å². The van der Waals surface area contributed by atoms with E-state index in [1.807, 2.05) is 47.4 Å². The van der Waals surface area contributed by atoms with E-state index in [0.717, 1.165) is 35.1 Å². The first-order chi connectivity index (χ1) is 12.9. The number of halogens is 1. The third-order valence-electron chi connectivity index (χ3n) is 4.77. The summed E-state index contributed by atoms with van der Waals surface area (Å²) >= 11 is 6.13. The molecule has 5 nitrogen and oxygen atoms in total. The lowest BCUT2D eigenvalue weighted by Gasteiger charge is -2.37. The van der Waals surface area contributed by atoms with Crippen molar-refractivity contribution in [1.29, 1.82) is 0 Å². The van der Waals surface area contributed by atoms with Crippen LogP contribution in [0.25, 0.3) is 0 Å². The largest absolute Gasteiger partial charge is 0.368 e. The molecule has 0 atom stereocenters. The minimum atomic E-state index is -0.105. The molecule has 0 radical (unpaired) electrons. The summed E-state index contributed by atoms with van der Waals surface area (Å²) in [6.45, 7) is 6.56. The van der Waals surface area contributed by atoms with E-state index in [-0.39, 0.29) is 11.8 Å². The molecule has 1 fully saturated rings. The lowest BCUT2D eigenvalue weighted by molar-refractivity contribution is -0.130. The van der Waals surface area contributed by atoms with Crippen LogP contribution >= 0.6 is 11.6 Å². The Bertz CT molecular complexity index is 828. The molecule has 1 saturated heterocycles. The van der Waals surface area contributed by atoms with E-state index in [4.69, 9.17) is 11.6 Å². The third kappa shape index (κ3) is 5.01. The van der Waals surface area contributed by atoms with Gasteiger partial charge in [0.1, 0.15) is 0 Å². The van der Waals surface area contributed by atoms with E-state index in [2.05, 4.69) is 17.1 Å². The fourth-order valence-corrected chi connectivity index (χ4v) is 3.48. The van der Waals surface area contributed by atoms with Crippen LogP contribution in [0.5, 0.6) is 0 Å². The summed E-state index contributed by atoms with van der Waals surface area (Å²) in [4.78, 5) is 27.9. The Morgan fingerprint density at radius 1 is 1.04 bits per heavy atom. The molecule has 0 aliphatic carbocycles. The highest BCUT2D eigenvalue weighted by molar-refractivity contribution is 6.30. The van der Waals surface area contributed by atoms with E-state index in [9.17, 15) is 9.59 Å². The van der Waals surface area contributed by atoms with Crippen molar-refractivity contribution in [2.45, 2.75) is 20.3 Å². The van der Waals surface area contributed by atoms with Crippen LogP contribution in [0.15, 0.2) is 42.5 Å². The molecule has 2 aromatic rings. The average Bonchev–Trinajstić information content (AvgIpc) is 2.65. The lowest BCUT2D eigenvalue weighted by atomic mass is 10.1. The van der Waals surface area contributed by atoms with Crippen LogP contribution in [0.1, 0.15) is 18.1 Å². The zero-order valence-electron chi connectivity index (χ0n) is 15.7. The maximum Gasteiger partial charge on any atom is 0.227 e. The highest BCUT2D eigenvalue weighted by Gasteiger charge is 2.22. The molecule has 2 amide bonds. The first kappa shape index (κ1) is 19.2. The van der Waals surface area contributed by atoms with Gasteiger partial charge in [0, 0.05) is 49.5 Å². The zero-order chi connectivity index (χ0) is 19.4. The first-order valence-corrected chi connectivity index (χ1v) is 9.45. The first-order valence-electron chi connectivity index (χ1n) is 9.08. The number of piperazine rings is 1. The predicted octanol–water partition coefficient (Wildman–Crippen LogP) is 3.50. The number of amides is 2. The van der Waals surface area contributed by atoms with Crippen LogP contribution in [0.2, 0.25) is 5.02 Å². The van der Waals surface area contributed by atoms with Gasteiger partial charge in [-0.2, -0.15) is 0 Å². The molecule has 2 aromatic carbocycles. The molecular formula is C21H24ClN3O2. The van der Waals surface area contributed by atoms with Crippen LogP contribution in [0.4, 0.5) is 11.4 Å². The van der Waals surface area contributed by atoms with Crippen LogP contribution in [0, 0.1) is 6.92 Å². The fourth-order valence-electron chi connectivity index (χ4n) is 3.32. The molecule has 1 heterocycles. The SMILES string of the molecule is CC(=O)Nc1ccc(CC(=O)N2CCN(c3cc(Cl)ccc3C)CC2)cc1. The number of benzene rings is 2. The second-order valence-electron chi connectivity index (χ2n) is 6.85. The van der Waals surface area contributed by atoms with Gasteiger partial charge in [0.15, 0.2) is 0 Å². The Kier molecular flexibility index (Phi) is 6.01. The average molecular weight is 386 g/mol. The molecule has 142 valence electrons. The lowest BCUT2D eigenvalue weighted by Crippen LogP contribution is -2.49. The van der Waals surface area contributed by atoms with Gasteiger partial charge in [-0.05, 0) is 42.3 Å². The van der Waals surface area contributed by atoms with Crippen molar-refractivity contribution >= 4 is 34.8 Å². The van der Waals surface area contributed by atoms with E-state index in [1.165, 1.54) is 12.5 Å². The van der Waals surface area contributed by atoms with E-state index < -0.39 is 0 Å². The van der Waals surface area contributed by atoms with E-state index in [1.54, 1.807) is 0 Å². The summed E-state index contributed by atoms with van der Waals surface area (Å²) in [7, 11) is 0. The number of rotatable bonds is 4. The van der Waals surface area contributed by atoms with E-state index in [0.29, 0.717) is 19.5 Å². The topological polar surface area (TPSA) is 52.7 Å². The highest BCUT2D eigenvalue weighted by Crippen LogP contribution is 2.25. The van der Waals surface area contributed by atoms with E-state index >= 15 is 0 Å². The molecule has 0 unspecified atom stereocenters. The zero-order valence-corrected chi connectivity index (χ0v) is 16.4. The van der Waals surface area contributed by atoms with Crippen LogP contribution in [-0.4, -0.2) is 42.9 Å². The van der Waals surface area contributed by atoms with Gasteiger partial charge < -0.3 is 15.1 Å². The van der Waals surface area contributed by atoms with Crippen LogP contribution < -0.4 is 10.2 Å². The van der Waals surface area contributed by atoms with Crippen molar-refractivity contribution < 1.29 is 9.59 Å². The van der Waals surface area contributed by atoms with Crippen LogP contribution in [-0.2, 0) is 16.0 Å². The summed E-state index contributed by atoms with van der Waals surface area (Å²) < 4.78 is 0. The van der Waals surface area contributed by atoms with Crippen molar-refractivity contribution in [3.05, 3.63) is 58.6 Å². The molecule has 1 aliphatic heterocycles. The van der Waals surface area contributed by atoms with Gasteiger partial charge in [0.05, 0.1) is 6.42 Å². The van der Waals surface area contributed by atoms with Gasteiger partial charge in [-0.3, -0.25) is 9.59 Å². The number of carbonyl (C=O) groups excluding carboxylic acids is 2.